The predicted octanol–water partition coefficient (Wildman–Crippen LogP) is 3.43. The fourth-order valence-electron chi connectivity index (χ4n) is 2.99. The number of rotatable bonds is 4. The summed E-state index contributed by atoms with van der Waals surface area (Å²) in [4.78, 5) is 11.9. The maximum atomic E-state index is 11.9. The summed E-state index contributed by atoms with van der Waals surface area (Å²) in [6, 6.07) is 18.1. The van der Waals surface area contributed by atoms with Crippen LogP contribution in [0.15, 0.2) is 54.6 Å². The van der Waals surface area contributed by atoms with Crippen molar-refractivity contribution in [2.45, 2.75) is 25.3 Å². The Morgan fingerprint density at radius 2 is 1.81 bits per heavy atom. The summed E-state index contributed by atoms with van der Waals surface area (Å²) in [6.07, 6.45) is 0.504. The molecule has 2 unspecified atom stereocenters. The van der Waals surface area contributed by atoms with Crippen LogP contribution in [-0.4, -0.2) is 12.5 Å². The van der Waals surface area contributed by atoms with Gasteiger partial charge in [-0.15, -0.1) is 0 Å². The van der Waals surface area contributed by atoms with Crippen LogP contribution in [0.3, 0.4) is 0 Å². The number of nitrogens with one attached hydrogen (secondary N) is 1. The van der Waals surface area contributed by atoms with E-state index in [4.69, 9.17) is 4.74 Å². The molecule has 108 valence electrons. The Morgan fingerprint density at radius 3 is 2.57 bits per heavy atom. The van der Waals surface area contributed by atoms with E-state index in [1.54, 1.807) is 0 Å². The average Bonchev–Trinajstić information content (AvgIpc) is 2.91. The summed E-state index contributed by atoms with van der Waals surface area (Å²) >= 11 is 0. The van der Waals surface area contributed by atoms with Crippen molar-refractivity contribution in [1.29, 1.82) is 0 Å². The van der Waals surface area contributed by atoms with Gasteiger partial charge in [-0.1, -0.05) is 48.5 Å². The van der Waals surface area contributed by atoms with Crippen LogP contribution in [0.1, 0.15) is 36.4 Å². The molecule has 1 aliphatic rings. The van der Waals surface area contributed by atoms with Gasteiger partial charge in [-0.2, -0.15) is 0 Å². The van der Waals surface area contributed by atoms with E-state index in [-0.39, 0.29) is 17.9 Å². The highest BCUT2D eigenvalue weighted by Gasteiger charge is 2.35. The molecule has 3 rings (SSSR count). The molecule has 0 aliphatic carbocycles. The van der Waals surface area contributed by atoms with E-state index in [1.807, 2.05) is 43.3 Å². The molecule has 1 N–H and O–H groups in total. The predicted molar refractivity (Wildman–Crippen MR) is 82.3 cm³/mol. The Hall–Kier alpha value is -2.29. The SMILES string of the molecule is CCOc1ccccc1C1CC(=O)NC1c1ccccc1. The molecule has 1 aliphatic heterocycles. The van der Waals surface area contributed by atoms with Gasteiger partial charge in [-0.05, 0) is 18.6 Å². The molecule has 0 spiro atoms. The molecule has 2 aromatic carbocycles. The Morgan fingerprint density at radius 1 is 1.10 bits per heavy atom. The molecule has 0 bridgehead atoms. The van der Waals surface area contributed by atoms with Gasteiger partial charge in [-0.25, -0.2) is 0 Å². The van der Waals surface area contributed by atoms with E-state index < -0.39 is 0 Å². The van der Waals surface area contributed by atoms with Gasteiger partial charge < -0.3 is 10.1 Å². The molecule has 1 heterocycles. The van der Waals surface area contributed by atoms with Crippen molar-refractivity contribution < 1.29 is 9.53 Å². The second kappa shape index (κ2) is 6.00. The third-order valence-electron chi connectivity index (χ3n) is 3.90. The standard InChI is InChI=1S/C18H19NO2/c1-2-21-16-11-7-6-10-14(16)15-12-17(20)19-18(15)13-8-4-3-5-9-13/h3-11,15,18H,2,12H2,1H3,(H,19,20). The number of hydrogen-bond acceptors (Lipinski definition) is 2. The van der Waals surface area contributed by atoms with E-state index in [0.717, 1.165) is 16.9 Å². The minimum Gasteiger partial charge on any atom is -0.494 e. The van der Waals surface area contributed by atoms with Crippen LogP contribution < -0.4 is 10.1 Å². The van der Waals surface area contributed by atoms with Crippen molar-refractivity contribution in [2.75, 3.05) is 6.61 Å². The van der Waals surface area contributed by atoms with Gasteiger partial charge >= 0.3 is 0 Å². The molecule has 1 fully saturated rings. The van der Waals surface area contributed by atoms with Crippen LogP contribution in [0.4, 0.5) is 0 Å². The lowest BCUT2D eigenvalue weighted by Crippen LogP contribution is -2.20. The van der Waals surface area contributed by atoms with Gasteiger partial charge in [0.05, 0.1) is 12.6 Å². The molecule has 3 nitrogen and oxygen atoms in total. The summed E-state index contributed by atoms with van der Waals surface area (Å²) in [5.74, 6) is 1.09. The summed E-state index contributed by atoms with van der Waals surface area (Å²) in [7, 11) is 0. The number of para-hydroxylation sites is 1. The first-order valence-corrected chi connectivity index (χ1v) is 7.35. The fourth-order valence-corrected chi connectivity index (χ4v) is 2.99. The molecule has 2 atom stereocenters. The Kier molecular flexibility index (Phi) is 3.91. The third-order valence-corrected chi connectivity index (χ3v) is 3.90. The van der Waals surface area contributed by atoms with Crippen LogP contribution in [0.2, 0.25) is 0 Å². The zero-order valence-electron chi connectivity index (χ0n) is 12.1. The monoisotopic (exact) mass is 281 g/mol. The van der Waals surface area contributed by atoms with Crippen LogP contribution in [-0.2, 0) is 4.79 Å². The molecule has 1 amide bonds. The molecule has 0 radical (unpaired) electrons. The van der Waals surface area contributed by atoms with Crippen LogP contribution in [0.25, 0.3) is 0 Å². The fraction of sp³-hybridized carbons (Fsp3) is 0.278. The van der Waals surface area contributed by atoms with E-state index in [9.17, 15) is 4.79 Å². The molecular weight excluding hydrogens is 262 g/mol. The zero-order chi connectivity index (χ0) is 14.7. The number of hydrogen-bond donors (Lipinski definition) is 1. The van der Waals surface area contributed by atoms with Crippen LogP contribution in [0.5, 0.6) is 5.75 Å². The molecule has 0 aromatic heterocycles. The molecule has 3 heteroatoms. The second-order valence-corrected chi connectivity index (χ2v) is 5.24. The van der Waals surface area contributed by atoms with Crippen molar-refractivity contribution in [3.8, 4) is 5.75 Å². The number of amides is 1. The maximum absolute atomic E-state index is 11.9. The lowest BCUT2D eigenvalue weighted by Gasteiger charge is -2.22. The summed E-state index contributed by atoms with van der Waals surface area (Å²) in [5, 5.41) is 3.09. The molecule has 1 saturated heterocycles. The second-order valence-electron chi connectivity index (χ2n) is 5.24. The highest BCUT2D eigenvalue weighted by Crippen LogP contribution is 2.41. The van der Waals surface area contributed by atoms with Crippen molar-refractivity contribution in [3.63, 3.8) is 0 Å². The number of carbonyl (C=O) groups is 1. The maximum Gasteiger partial charge on any atom is 0.221 e. The minimum atomic E-state index is 0.0142. The molecule has 21 heavy (non-hydrogen) atoms. The topological polar surface area (TPSA) is 38.3 Å². The summed E-state index contributed by atoms with van der Waals surface area (Å²) < 4.78 is 5.73. The zero-order valence-corrected chi connectivity index (χ0v) is 12.1. The quantitative estimate of drug-likeness (QED) is 0.932. The number of benzene rings is 2. The highest BCUT2D eigenvalue weighted by atomic mass is 16.5. The van der Waals surface area contributed by atoms with E-state index >= 15 is 0 Å². The average molecular weight is 281 g/mol. The summed E-state index contributed by atoms with van der Waals surface area (Å²) in [6.45, 7) is 2.60. The minimum absolute atomic E-state index is 0.0142. The number of ether oxygens (including phenoxy) is 1. The van der Waals surface area contributed by atoms with E-state index in [2.05, 4.69) is 23.5 Å². The Labute approximate surface area is 124 Å². The molecular formula is C18H19NO2. The van der Waals surface area contributed by atoms with Crippen LogP contribution >= 0.6 is 0 Å². The van der Waals surface area contributed by atoms with Gasteiger partial charge in [0.1, 0.15) is 5.75 Å². The molecule has 0 saturated carbocycles. The number of carbonyl (C=O) groups excluding carboxylic acids is 1. The van der Waals surface area contributed by atoms with Crippen molar-refractivity contribution in [1.82, 2.24) is 5.32 Å². The van der Waals surface area contributed by atoms with Gasteiger partial charge in [0.2, 0.25) is 5.91 Å². The first kappa shape index (κ1) is 13.7. The van der Waals surface area contributed by atoms with Crippen molar-refractivity contribution in [3.05, 3.63) is 65.7 Å². The lowest BCUT2D eigenvalue weighted by atomic mass is 9.87. The van der Waals surface area contributed by atoms with Gasteiger partial charge in [-0.3, -0.25) is 4.79 Å². The van der Waals surface area contributed by atoms with Gasteiger partial charge in [0.25, 0.3) is 0 Å². The van der Waals surface area contributed by atoms with Gasteiger partial charge in [0, 0.05) is 17.9 Å². The van der Waals surface area contributed by atoms with E-state index in [1.165, 1.54) is 0 Å². The lowest BCUT2D eigenvalue weighted by molar-refractivity contribution is -0.119. The normalized spacial score (nSPS) is 21.1. The first-order chi connectivity index (χ1) is 10.3. The Bertz CT molecular complexity index is 624. The van der Waals surface area contributed by atoms with Gasteiger partial charge in [0.15, 0.2) is 0 Å². The van der Waals surface area contributed by atoms with Crippen molar-refractivity contribution >= 4 is 5.91 Å². The largest absolute Gasteiger partial charge is 0.494 e. The van der Waals surface area contributed by atoms with Crippen LogP contribution in [0, 0.1) is 0 Å². The first-order valence-electron chi connectivity index (χ1n) is 7.35. The summed E-state index contributed by atoms with van der Waals surface area (Å²) in [5.41, 5.74) is 2.24. The molecule has 2 aromatic rings. The third kappa shape index (κ3) is 2.77. The Balaban J connectivity index is 1.98. The highest BCUT2D eigenvalue weighted by molar-refractivity contribution is 5.81. The smallest absolute Gasteiger partial charge is 0.221 e. The van der Waals surface area contributed by atoms with E-state index in [0.29, 0.717) is 13.0 Å². The van der Waals surface area contributed by atoms with Crippen molar-refractivity contribution in [2.24, 2.45) is 0 Å².